The molecule has 1 heterocycles. The van der Waals surface area contributed by atoms with Crippen LogP contribution in [0.1, 0.15) is 5.30 Å². The molecule has 32 valence electrons. The molecule has 0 atom stereocenters. The van der Waals surface area contributed by atoms with Crippen LogP contribution in [0.25, 0.3) is 0 Å². The van der Waals surface area contributed by atoms with Crippen LogP contribution in [-0.4, -0.2) is 0 Å². The Morgan fingerprint density at radius 2 is 2.67 bits per heavy atom. The molecule has 2 heteroatoms. The lowest BCUT2D eigenvalue weighted by molar-refractivity contribution is 0.696. The van der Waals surface area contributed by atoms with E-state index in [0.29, 0.717) is 0 Å². The molecule has 0 aromatic carbocycles. The fourth-order valence-corrected chi connectivity index (χ4v) is 0.683. The maximum atomic E-state index is 4.81. The van der Waals surface area contributed by atoms with E-state index in [1.165, 1.54) is 5.30 Å². The Kier molecular flexibility index (Phi) is 0.932. The Morgan fingerprint density at radius 3 is 2.83 bits per heavy atom. The van der Waals surface area contributed by atoms with Crippen molar-refractivity contribution in [2.45, 2.75) is 6.92 Å². The third-order valence-corrected chi connectivity index (χ3v) is 1.23. The Morgan fingerprint density at radius 1 is 1.83 bits per heavy atom. The second kappa shape index (κ2) is 1.44. The van der Waals surface area contributed by atoms with Gasteiger partial charge in [0.1, 0.15) is 8.43 Å². The molecular formula is C4H5OP. The van der Waals surface area contributed by atoms with Crippen LogP contribution >= 0.6 is 8.43 Å². The average Bonchev–Trinajstić information content (AvgIpc) is 1.86. The highest BCUT2D eigenvalue weighted by Crippen LogP contribution is 2.10. The Bertz CT molecular complexity index is 111. The van der Waals surface area contributed by atoms with Crippen LogP contribution in [-0.2, 0) is 0 Å². The fourth-order valence-electron chi connectivity index (χ4n) is 0.273. The molecule has 0 saturated carbocycles. The van der Waals surface area contributed by atoms with Crippen molar-refractivity contribution in [3.8, 4) is 0 Å². The van der Waals surface area contributed by atoms with Gasteiger partial charge in [-0.25, -0.2) is 0 Å². The van der Waals surface area contributed by atoms with Crippen LogP contribution in [0, 0.1) is 6.92 Å². The molecular weight excluding hydrogens is 95.0 g/mol. The zero-order chi connectivity index (χ0) is 4.41. The lowest BCUT2D eigenvalue weighted by Crippen LogP contribution is -1.41. The van der Waals surface area contributed by atoms with Crippen LogP contribution in [0.5, 0.6) is 0 Å². The fraction of sp³-hybridized carbons (Fsp3) is 0.250. The standard InChI is InChI=1S/C4H5OP/c1-4-2-3-5-6-4/h2-3H,1H3. The maximum Gasteiger partial charge on any atom is 0.127 e. The third-order valence-electron chi connectivity index (χ3n) is 0.567. The molecule has 0 aliphatic heterocycles. The maximum absolute atomic E-state index is 4.81. The van der Waals surface area contributed by atoms with E-state index in [9.17, 15) is 0 Å². The van der Waals surface area contributed by atoms with Gasteiger partial charge in [-0.05, 0) is 13.0 Å². The topological polar surface area (TPSA) is 13.1 Å². The Labute approximate surface area is 38.2 Å². The molecule has 1 nitrogen and oxygen atoms in total. The van der Waals surface area contributed by atoms with E-state index < -0.39 is 0 Å². The molecule has 0 aliphatic carbocycles. The van der Waals surface area contributed by atoms with Gasteiger partial charge in [0, 0.05) is 5.30 Å². The first-order valence-electron chi connectivity index (χ1n) is 1.76. The first kappa shape index (κ1) is 3.89. The summed E-state index contributed by atoms with van der Waals surface area (Å²) in [7, 11) is 0.995. The van der Waals surface area contributed by atoms with Crippen molar-refractivity contribution in [2.75, 3.05) is 0 Å². The zero-order valence-electron chi connectivity index (χ0n) is 3.51. The molecule has 0 radical (unpaired) electrons. The molecule has 0 fully saturated rings. The summed E-state index contributed by atoms with van der Waals surface area (Å²) in [5.41, 5.74) is 0. The average molecular weight is 100 g/mol. The summed E-state index contributed by atoms with van der Waals surface area (Å²) in [6.07, 6.45) is 1.71. The molecule has 0 unspecified atom stereocenters. The first-order chi connectivity index (χ1) is 2.89. The van der Waals surface area contributed by atoms with Gasteiger partial charge in [-0.15, -0.1) is 0 Å². The lowest BCUT2D eigenvalue weighted by Gasteiger charge is -1.61. The van der Waals surface area contributed by atoms with E-state index in [0.717, 1.165) is 8.43 Å². The van der Waals surface area contributed by atoms with Gasteiger partial charge < -0.3 is 4.20 Å². The molecule has 0 saturated heterocycles. The van der Waals surface area contributed by atoms with Crippen molar-refractivity contribution >= 4 is 8.43 Å². The van der Waals surface area contributed by atoms with Gasteiger partial charge >= 0.3 is 0 Å². The SMILES string of the molecule is Cc1ccop1. The van der Waals surface area contributed by atoms with Crippen LogP contribution in [0.2, 0.25) is 0 Å². The highest BCUT2D eigenvalue weighted by atomic mass is 31.1. The Hall–Kier alpha value is -0.290. The minimum atomic E-state index is 0.995. The van der Waals surface area contributed by atoms with Crippen molar-refractivity contribution in [3.05, 3.63) is 17.6 Å². The van der Waals surface area contributed by atoms with Crippen molar-refractivity contribution in [2.24, 2.45) is 0 Å². The van der Waals surface area contributed by atoms with E-state index in [1.807, 2.05) is 13.0 Å². The first-order valence-corrected chi connectivity index (χ1v) is 2.58. The molecule has 1 aromatic rings. The van der Waals surface area contributed by atoms with E-state index in [4.69, 9.17) is 4.20 Å². The molecule has 0 N–H and O–H groups in total. The van der Waals surface area contributed by atoms with Gasteiger partial charge in [0.05, 0.1) is 6.26 Å². The molecule has 1 rings (SSSR count). The molecule has 0 spiro atoms. The summed E-state index contributed by atoms with van der Waals surface area (Å²) >= 11 is 0. The second-order valence-electron chi connectivity index (χ2n) is 1.14. The van der Waals surface area contributed by atoms with E-state index >= 15 is 0 Å². The van der Waals surface area contributed by atoms with Crippen LogP contribution in [0.3, 0.4) is 0 Å². The summed E-state index contributed by atoms with van der Waals surface area (Å²) in [6, 6.07) is 1.96. The minimum Gasteiger partial charge on any atom is -0.447 e. The van der Waals surface area contributed by atoms with Gasteiger partial charge in [-0.2, -0.15) is 0 Å². The van der Waals surface area contributed by atoms with E-state index in [2.05, 4.69) is 0 Å². The molecule has 0 bridgehead atoms. The molecule has 1 aromatic heterocycles. The van der Waals surface area contributed by atoms with Crippen LogP contribution in [0.15, 0.2) is 16.5 Å². The van der Waals surface area contributed by atoms with E-state index in [1.54, 1.807) is 6.26 Å². The van der Waals surface area contributed by atoms with Crippen molar-refractivity contribution in [1.82, 2.24) is 0 Å². The largest absolute Gasteiger partial charge is 0.447 e. The van der Waals surface area contributed by atoms with Crippen LogP contribution < -0.4 is 0 Å². The Balaban J connectivity index is 3.05. The van der Waals surface area contributed by atoms with E-state index in [-0.39, 0.29) is 0 Å². The van der Waals surface area contributed by atoms with Crippen molar-refractivity contribution in [1.29, 1.82) is 0 Å². The highest BCUT2D eigenvalue weighted by molar-refractivity contribution is 7.23. The number of hydrogen-bond acceptors (Lipinski definition) is 1. The molecule has 0 amide bonds. The van der Waals surface area contributed by atoms with Crippen molar-refractivity contribution in [3.63, 3.8) is 0 Å². The summed E-state index contributed by atoms with van der Waals surface area (Å²) in [6.45, 7) is 2.03. The van der Waals surface area contributed by atoms with Gasteiger partial charge in [-0.3, -0.25) is 0 Å². The number of hydrogen-bond donors (Lipinski definition) is 0. The lowest BCUT2D eigenvalue weighted by atomic mass is 10.6. The summed E-state index contributed by atoms with van der Waals surface area (Å²) in [5, 5.41) is 1.27. The minimum absolute atomic E-state index is 0.995. The van der Waals surface area contributed by atoms with Crippen LogP contribution in [0.4, 0.5) is 0 Å². The summed E-state index contributed by atoms with van der Waals surface area (Å²) < 4.78 is 4.81. The normalized spacial score (nSPS) is 10.2. The zero-order valence-corrected chi connectivity index (χ0v) is 4.40. The third kappa shape index (κ3) is 0.605. The molecule has 0 aliphatic rings. The highest BCUT2D eigenvalue weighted by Gasteiger charge is 1.77. The van der Waals surface area contributed by atoms with Gasteiger partial charge in [-0.1, -0.05) is 0 Å². The van der Waals surface area contributed by atoms with Crippen molar-refractivity contribution < 1.29 is 4.20 Å². The summed E-state index contributed by atoms with van der Waals surface area (Å²) in [5.74, 6) is 0. The second-order valence-corrected chi connectivity index (χ2v) is 2.24. The predicted molar refractivity (Wildman–Crippen MR) is 26.0 cm³/mol. The smallest absolute Gasteiger partial charge is 0.127 e. The van der Waals surface area contributed by atoms with Gasteiger partial charge in [0.25, 0.3) is 0 Å². The monoisotopic (exact) mass is 100 g/mol. The van der Waals surface area contributed by atoms with Gasteiger partial charge in [0.15, 0.2) is 0 Å². The number of rotatable bonds is 0. The summed E-state index contributed by atoms with van der Waals surface area (Å²) in [4.78, 5) is 0. The van der Waals surface area contributed by atoms with Gasteiger partial charge in [0.2, 0.25) is 0 Å². The quantitative estimate of drug-likeness (QED) is 0.487. The predicted octanol–water partition coefficient (Wildman–Crippen LogP) is 2.17. The molecule has 6 heavy (non-hydrogen) atoms. The number of aryl methyl sites for hydroxylation is 1.